The minimum atomic E-state index is 0.265. The summed E-state index contributed by atoms with van der Waals surface area (Å²) in [7, 11) is 0. The number of rotatable bonds is 8. The lowest BCUT2D eigenvalue weighted by molar-refractivity contribution is 0.393. The normalized spacial score (nSPS) is 11.3. The first kappa shape index (κ1) is 20.1. The van der Waals surface area contributed by atoms with Crippen LogP contribution < -0.4 is 5.73 Å². The Kier molecular flexibility index (Phi) is 6.74. The largest absolute Gasteiger partial charge is 0.330 e. The van der Waals surface area contributed by atoms with Gasteiger partial charge in [0.1, 0.15) is 0 Å². The van der Waals surface area contributed by atoms with Gasteiger partial charge < -0.3 is 5.73 Å². The van der Waals surface area contributed by atoms with Crippen LogP contribution in [0.15, 0.2) is 121 Å². The van der Waals surface area contributed by atoms with Gasteiger partial charge in [0.25, 0.3) is 0 Å². The SMILES string of the molecule is NCCC(C(c1ccccc1)c1ccccc1)C(c1ccccc1)c1ccccc1. The van der Waals surface area contributed by atoms with E-state index < -0.39 is 0 Å². The molecule has 2 N–H and O–H groups in total. The van der Waals surface area contributed by atoms with Gasteiger partial charge in [-0.3, -0.25) is 0 Å². The van der Waals surface area contributed by atoms with Crippen molar-refractivity contribution in [1.82, 2.24) is 0 Å². The molecule has 0 saturated carbocycles. The van der Waals surface area contributed by atoms with Gasteiger partial charge in [-0.05, 0) is 41.1 Å². The Labute approximate surface area is 180 Å². The first-order valence-corrected chi connectivity index (χ1v) is 10.8. The first-order valence-electron chi connectivity index (χ1n) is 10.8. The van der Waals surface area contributed by atoms with Crippen molar-refractivity contribution in [3.8, 4) is 0 Å². The quantitative estimate of drug-likeness (QED) is 0.359. The average molecular weight is 392 g/mol. The summed E-state index contributed by atoms with van der Waals surface area (Å²) in [6, 6.07) is 43.6. The van der Waals surface area contributed by atoms with Crippen LogP contribution in [0.1, 0.15) is 40.5 Å². The fraction of sp³-hybridized carbons (Fsp3) is 0.172. The zero-order valence-electron chi connectivity index (χ0n) is 17.3. The maximum Gasteiger partial charge on any atom is 0.0127 e. The van der Waals surface area contributed by atoms with Crippen molar-refractivity contribution >= 4 is 0 Å². The van der Waals surface area contributed by atoms with E-state index >= 15 is 0 Å². The molecule has 1 nitrogen and oxygen atoms in total. The van der Waals surface area contributed by atoms with Gasteiger partial charge in [0.2, 0.25) is 0 Å². The van der Waals surface area contributed by atoms with E-state index in [2.05, 4.69) is 121 Å². The first-order chi connectivity index (χ1) is 14.9. The van der Waals surface area contributed by atoms with E-state index in [-0.39, 0.29) is 11.8 Å². The van der Waals surface area contributed by atoms with Crippen LogP contribution in [0.3, 0.4) is 0 Å². The molecule has 0 aliphatic rings. The summed E-state index contributed by atoms with van der Waals surface area (Å²) in [5.41, 5.74) is 11.6. The van der Waals surface area contributed by atoms with Crippen LogP contribution in [-0.4, -0.2) is 6.54 Å². The van der Waals surface area contributed by atoms with E-state index in [1.54, 1.807) is 0 Å². The summed E-state index contributed by atoms with van der Waals surface area (Å²) < 4.78 is 0. The predicted octanol–water partition coefficient (Wildman–Crippen LogP) is 6.62. The van der Waals surface area contributed by atoms with Gasteiger partial charge in [-0.15, -0.1) is 0 Å². The van der Waals surface area contributed by atoms with Crippen molar-refractivity contribution in [3.63, 3.8) is 0 Å². The Bertz CT molecular complexity index is 835. The van der Waals surface area contributed by atoms with Crippen molar-refractivity contribution < 1.29 is 0 Å². The molecule has 0 spiro atoms. The van der Waals surface area contributed by atoms with Gasteiger partial charge in [0.15, 0.2) is 0 Å². The van der Waals surface area contributed by atoms with Crippen LogP contribution in [-0.2, 0) is 0 Å². The predicted molar refractivity (Wildman–Crippen MR) is 127 cm³/mol. The molecule has 0 bridgehead atoms. The van der Waals surface area contributed by atoms with Crippen molar-refractivity contribution in [2.75, 3.05) is 6.54 Å². The molecule has 0 aliphatic heterocycles. The molecule has 0 aliphatic carbocycles. The summed E-state index contributed by atoms with van der Waals surface area (Å²) in [6.07, 6.45) is 0.947. The highest BCUT2D eigenvalue weighted by molar-refractivity contribution is 5.39. The van der Waals surface area contributed by atoms with E-state index in [1.807, 2.05) is 0 Å². The minimum Gasteiger partial charge on any atom is -0.330 e. The molecule has 0 radical (unpaired) electrons. The molecule has 0 fully saturated rings. The van der Waals surface area contributed by atoms with E-state index in [0.29, 0.717) is 12.5 Å². The van der Waals surface area contributed by atoms with E-state index in [9.17, 15) is 0 Å². The fourth-order valence-corrected chi connectivity index (χ4v) is 4.73. The van der Waals surface area contributed by atoms with Crippen molar-refractivity contribution in [2.45, 2.75) is 18.3 Å². The van der Waals surface area contributed by atoms with Crippen LogP contribution in [0.4, 0.5) is 0 Å². The molecule has 0 aromatic heterocycles. The molecule has 0 amide bonds. The molecule has 0 atom stereocenters. The van der Waals surface area contributed by atoms with Gasteiger partial charge >= 0.3 is 0 Å². The van der Waals surface area contributed by atoms with Crippen LogP contribution in [0.25, 0.3) is 0 Å². The van der Waals surface area contributed by atoms with E-state index in [1.165, 1.54) is 22.3 Å². The molecule has 0 unspecified atom stereocenters. The van der Waals surface area contributed by atoms with Crippen LogP contribution in [0, 0.1) is 5.92 Å². The third kappa shape index (κ3) is 4.53. The lowest BCUT2D eigenvalue weighted by atomic mass is 9.68. The van der Waals surface area contributed by atoms with Gasteiger partial charge in [0, 0.05) is 11.8 Å². The molecule has 150 valence electrons. The summed E-state index contributed by atoms with van der Waals surface area (Å²) in [6.45, 7) is 0.664. The highest BCUT2D eigenvalue weighted by Crippen LogP contribution is 2.45. The third-order valence-electron chi connectivity index (χ3n) is 5.99. The monoisotopic (exact) mass is 391 g/mol. The maximum absolute atomic E-state index is 6.22. The Morgan fingerprint density at radius 3 is 0.933 bits per heavy atom. The molecule has 0 saturated heterocycles. The highest BCUT2D eigenvalue weighted by Gasteiger charge is 2.33. The molecule has 1 heteroatoms. The van der Waals surface area contributed by atoms with Gasteiger partial charge in [-0.2, -0.15) is 0 Å². The van der Waals surface area contributed by atoms with Crippen molar-refractivity contribution in [2.24, 2.45) is 11.7 Å². The lowest BCUT2D eigenvalue weighted by Gasteiger charge is -2.35. The molecular weight excluding hydrogens is 362 g/mol. The van der Waals surface area contributed by atoms with Crippen molar-refractivity contribution in [3.05, 3.63) is 144 Å². The van der Waals surface area contributed by atoms with Crippen molar-refractivity contribution in [1.29, 1.82) is 0 Å². The van der Waals surface area contributed by atoms with Crippen LogP contribution in [0.2, 0.25) is 0 Å². The molecule has 4 aromatic carbocycles. The summed E-state index contributed by atoms with van der Waals surface area (Å²) in [5.74, 6) is 0.868. The Balaban J connectivity index is 1.89. The van der Waals surface area contributed by atoms with E-state index in [4.69, 9.17) is 5.73 Å². The standard InChI is InChI=1S/C29H29N/c30-22-21-27(28(23-13-5-1-6-14-23)24-15-7-2-8-16-24)29(25-17-9-3-10-18-25)26-19-11-4-12-20-26/h1-20,27-29H,21-22,30H2. The van der Waals surface area contributed by atoms with Crippen LogP contribution >= 0.6 is 0 Å². The topological polar surface area (TPSA) is 26.0 Å². The summed E-state index contributed by atoms with van der Waals surface area (Å²) in [4.78, 5) is 0. The van der Waals surface area contributed by atoms with Gasteiger partial charge in [0.05, 0.1) is 0 Å². The van der Waals surface area contributed by atoms with E-state index in [0.717, 1.165) is 6.42 Å². The molecule has 4 aromatic rings. The molecule has 30 heavy (non-hydrogen) atoms. The minimum absolute atomic E-state index is 0.265. The number of benzene rings is 4. The third-order valence-corrected chi connectivity index (χ3v) is 5.99. The zero-order chi connectivity index (χ0) is 20.6. The highest BCUT2D eigenvalue weighted by atomic mass is 14.5. The second-order valence-corrected chi connectivity index (χ2v) is 7.84. The second-order valence-electron chi connectivity index (χ2n) is 7.84. The Morgan fingerprint density at radius 2 is 0.700 bits per heavy atom. The molecular formula is C29H29N. The average Bonchev–Trinajstić information content (AvgIpc) is 2.82. The lowest BCUT2D eigenvalue weighted by Crippen LogP contribution is -2.25. The van der Waals surface area contributed by atoms with Gasteiger partial charge in [-0.1, -0.05) is 121 Å². The maximum atomic E-state index is 6.22. The number of nitrogens with two attached hydrogens (primary N) is 1. The van der Waals surface area contributed by atoms with Gasteiger partial charge in [-0.25, -0.2) is 0 Å². The Hall–Kier alpha value is -3.16. The fourth-order valence-electron chi connectivity index (χ4n) is 4.73. The molecule has 0 heterocycles. The number of hydrogen-bond acceptors (Lipinski definition) is 1. The Morgan fingerprint density at radius 1 is 0.433 bits per heavy atom. The smallest absolute Gasteiger partial charge is 0.0127 e. The molecule has 4 rings (SSSR count). The second kappa shape index (κ2) is 10.0. The summed E-state index contributed by atoms with van der Waals surface area (Å²) in [5, 5.41) is 0. The van der Waals surface area contributed by atoms with Crippen LogP contribution in [0.5, 0.6) is 0 Å². The number of hydrogen-bond donors (Lipinski definition) is 1. The summed E-state index contributed by atoms with van der Waals surface area (Å²) >= 11 is 0. The zero-order valence-corrected chi connectivity index (χ0v) is 17.3.